The van der Waals surface area contributed by atoms with E-state index in [1.165, 1.54) is 4.90 Å². The molecule has 0 saturated carbocycles. The Balaban J connectivity index is 1.59. The molecule has 0 unspecified atom stereocenters. The molecule has 0 saturated heterocycles. The third-order valence-electron chi connectivity index (χ3n) is 5.45. The number of nitrogens with zero attached hydrogens (tertiary/aromatic N) is 1. The average molecular weight is 490 g/mol. The predicted octanol–water partition coefficient (Wildman–Crippen LogP) is 5.30. The summed E-state index contributed by atoms with van der Waals surface area (Å²) in [6, 6.07) is 27.7. The Morgan fingerprint density at radius 3 is 1.72 bits per heavy atom. The van der Waals surface area contributed by atoms with Crippen molar-refractivity contribution in [3.8, 4) is 0 Å². The van der Waals surface area contributed by atoms with Gasteiger partial charge in [0.15, 0.2) is 0 Å². The van der Waals surface area contributed by atoms with Crippen LogP contribution in [-0.2, 0) is 30.4 Å². The van der Waals surface area contributed by atoms with Gasteiger partial charge in [-0.25, -0.2) is 4.79 Å². The molecule has 3 aromatic carbocycles. The van der Waals surface area contributed by atoms with Crippen molar-refractivity contribution in [3.63, 3.8) is 0 Å². The highest BCUT2D eigenvalue weighted by Crippen LogP contribution is 2.26. The molecule has 0 heterocycles. The molecule has 36 heavy (non-hydrogen) atoms. The summed E-state index contributed by atoms with van der Waals surface area (Å²) in [6.07, 6.45) is -0.789. The molecule has 0 aromatic heterocycles. The molecule has 1 amide bonds. The summed E-state index contributed by atoms with van der Waals surface area (Å²) in [5.74, 6) is -1.79. The van der Waals surface area contributed by atoms with Crippen LogP contribution in [-0.4, -0.2) is 41.8 Å². The number of hydrogen-bond donors (Lipinski definition) is 0. The van der Waals surface area contributed by atoms with Crippen molar-refractivity contribution in [1.82, 2.24) is 4.90 Å². The fourth-order valence-electron chi connectivity index (χ4n) is 3.54. The van der Waals surface area contributed by atoms with E-state index in [4.69, 9.17) is 14.2 Å². The van der Waals surface area contributed by atoms with Gasteiger partial charge in [0, 0.05) is 5.54 Å². The summed E-state index contributed by atoms with van der Waals surface area (Å²) >= 11 is 0. The van der Waals surface area contributed by atoms with E-state index in [0.29, 0.717) is 0 Å². The summed E-state index contributed by atoms with van der Waals surface area (Å²) in [6.45, 7) is 4.52. The SMILES string of the molecule is CC(C)(C)N(CC(=O)OCc1ccccc1)C(=O)OCOC(=O)C(c1ccccc1)c1ccccc1. The van der Waals surface area contributed by atoms with Crippen molar-refractivity contribution in [2.75, 3.05) is 13.3 Å². The number of esters is 2. The third kappa shape index (κ3) is 7.70. The highest BCUT2D eigenvalue weighted by atomic mass is 16.7. The first-order valence-corrected chi connectivity index (χ1v) is 11.7. The molecule has 7 nitrogen and oxygen atoms in total. The zero-order valence-corrected chi connectivity index (χ0v) is 20.8. The van der Waals surface area contributed by atoms with Crippen molar-refractivity contribution >= 4 is 18.0 Å². The number of hydrogen-bond acceptors (Lipinski definition) is 6. The average Bonchev–Trinajstić information content (AvgIpc) is 2.87. The Morgan fingerprint density at radius 1 is 0.722 bits per heavy atom. The molecule has 0 atom stereocenters. The minimum atomic E-state index is -0.789. The van der Waals surface area contributed by atoms with Crippen LogP contribution in [0.5, 0.6) is 0 Å². The second-order valence-electron chi connectivity index (χ2n) is 9.15. The summed E-state index contributed by atoms with van der Waals surface area (Å²) in [7, 11) is 0. The zero-order valence-electron chi connectivity index (χ0n) is 20.8. The van der Waals surface area contributed by atoms with Gasteiger partial charge in [-0.15, -0.1) is 0 Å². The second-order valence-corrected chi connectivity index (χ2v) is 9.15. The number of carbonyl (C=O) groups is 3. The van der Waals surface area contributed by atoms with Crippen LogP contribution in [0.25, 0.3) is 0 Å². The van der Waals surface area contributed by atoms with Gasteiger partial charge < -0.3 is 14.2 Å². The van der Waals surface area contributed by atoms with Gasteiger partial charge in [0.25, 0.3) is 0 Å². The van der Waals surface area contributed by atoms with E-state index in [0.717, 1.165) is 16.7 Å². The van der Waals surface area contributed by atoms with Crippen LogP contribution in [0.4, 0.5) is 4.79 Å². The topological polar surface area (TPSA) is 82.1 Å². The van der Waals surface area contributed by atoms with Gasteiger partial charge in [-0.3, -0.25) is 14.5 Å². The molecule has 0 radical (unpaired) electrons. The Hall–Kier alpha value is -4.13. The number of amides is 1. The molecule has 3 rings (SSSR count). The normalized spacial score (nSPS) is 11.0. The van der Waals surface area contributed by atoms with Crippen LogP contribution in [0.2, 0.25) is 0 Å². The number of carbonyl (C=O) groups excluding carboxylic acids is 3. The Bertz CT molecular complexity index is 1090. The highest BCUT2D eigenvalue weighted by Gasteiger charge is 2.31. The van der Waals surface area contributed by atoms with Crippen molar-refractivity contribution in [1.29, 1.82) is 0 Å². The van der Waals surface area contributed by atoms with E-state index in [1.54, 1.807) is 20.8 Å². The van der Waals surface area contributed by atoms with Crippen LogP contribution in [0, 0.1) is 0 Å². The molecule has 0 aliphatic carbocycles. The van der Waals surface area contributed by atoms with Gasteiger partial charge in [-0.2, -0.15) is 0 Å². The predicted molar refractivity (Wildman–Crippen MR) is 135 cm³/mol. The Morgan fingerprint density at radius 2 is 1.22 bits per heavy atom. The third-order valence-corrected chi connectivity index (χ3v) is 5.45. The molecule has 0 fully saturated rings. The standard InChI is InChI=1S/C29H31NO6/c1-29(2,3)30(19-25(31)34-20-22-13-7-4-8-14-22)28(33)36-21-35-27(32)26(23-15-9-5-10-16-23)24-17-11-6-12-18-24/h4-18,26H,19-21H2,1-3H3. The van der Waals surface area contributed by atoms with E-state index in [1.807, 2.05) is 91.0 Å². The summed E-state index contributed by atoms with van der Waals surface area (Å²) in [5, 5.41) is 0. The lowest BCUT2D eigenvalue weighted by Crippen LogP contribution is -2.49. The highest BCUT2D eigenvalue weighted by molar-refractivity contribution is 5.82. The molecule has 0 aliphatic heterocycles. The van der Waals surface area contributed by atoms with Crippen LogP contribution < -0.4 is 0 Å². The van der Waals surface area contributed by atoms with E-state index in [-0.39, 0.29) is 13.2 Å². The number of ether oxygens (including phenoxy) is 3. The largest absolute Gasteiger partial charge is 0.459 e. The lowest BCUT2D eigenvalue weighted by Gasteiger charge is -2.33. The first-order chi connectivity index (χ1) is 17.3. The molecule has 0 aliphatic rings. The lowest BCUT2D eigenvalue weighted by molar-refractivity contribution is -0.155. The Labute approximate surface area is 211 Å². The van der Waals surface area contributed by atoms with Crippen LogP contribution in [0.3, 0.4) is 0 Å². The fourth-order valence-corrected chi connectivity index (χ4v) is 3.54. The molecular weight excluding hydrogens is 458 g/mol. The summed E-state index contributed by atoms with van der Waals surface area (Å²) in [4.78, 5) is 39.4. The molecule has 3 aromatic rings. The molecular formula is C29H31NO6. The van der Waals surface area contributed by atoms with Gasteiger partial charge in [0.2, 0.25) is 6.79 Å². The van der Waals surface area contributed by atoms with Crippen LogP contribution >= 0.6 is 0 Å². The second kappa shape index (κ2) is 12.5. The van der Waals surface area contributed by atoms with Gasteiger partial charge in [-0.05, 0) is 37.5 Å². The molecule has 0 bridgehead atoms. The summed E-state index contributed by atoms with van der Waals surface area (Å²) < 4.78 is 15.9. The minimum absolute atomic E-state index is 0.102. The van der Waals surface area contributed by atoms with E-state index in [2.05, 4.69) is 0 Å². The lowest BCUT2D eigenvalue weighted by atomic mass is 9.91. The van der Waals surface area contributed by atoms with Gasteiger partial charge in [0.05, 0.1) is 0 Å². The maximum Gasteiger partial charge on any atom is 0.413 e. The molecule has 7 heteroatoms. The monoisotopic (exact) mass is 489 g/mol. The van der Waals surface area contributed by atoms with E-state index < -0.39 is 36.3 Å². The summed E-state index contributed by atoms with van der Waals surface area (Å²) in [5.41, 5.74) is 1.63. The van der Waals surface area contributed by atoms with Crippen LogP contribution in [0.1, 0.15) is 43.4 Å². The van der Waals surface area contributed by atoms with Gasteiger partial charge in [-0.1, -0.05) is 91.0 Å². The van der Waals surface area contributed by atoms with Gasteiger partial charge in [0.1, 0.15) is 19.1 Å². The first-order valence-electron chi connectivity index (χ1n) is 11.7. The van der Waals surface area contributed by atoms with Gasteiger partial charge >= 0.3 is 18.0 Å². The van der Waals surface area contributed by atoms with Crippen molar-refractivity contribution in [3.05, 3.63) is 108 Å². The molecule has 0 N–H and O–H groups in total. The molecule has 188 valence electrons. The fraction of sp³-hybridized carbons (Fsp3) is 0.276. The zero-order chi connectivity index (χ0) is 26.0. The van der Waals surface area contributed by atoms with Crippen molar-refractivity contribution in [2.45, 2.75) is 38.8 Å². The Kier molecular flexibility index (Phi) is 9.22. The first kappa shape index (κ1) is 26.5. The van der Waals surface area contributed by atoms with E-state index >= 15 is 0 Å². The minimum Gasteiger partial charge on any atom is -0.459 e. The maximum absolute atomic E-state index is 13.0. The molecule has 0 spiro atoms. The number of benzene rings is 3. The quantitative estimate of drug-likeness (QED) is 0.300. The smallest absolute Gasteiger partial charge is 0.413 e. The van der Waals surface area contributed by atoms with Crippen molar-refractivity contribution in [2.24, 2.45) is 0 Å². The van der Waals surface area contributed by atoms with Crippen LogP contribution in [0.15, 0.2) is 91.0 Å². The van der Waals surface area contributed by atoms with E-state index in [9.17, 15) is 14.4 Å². The number of rotatable bonds is 9. The maximum atomic E-state index is 13.0. The van der Waals surface area contributed by atoms with Crippen molar-refractivity contribution < 1.29 is 28.6 Å².